The molecule has 0 bridgehead atoms. The fourth-order valence-corrected chi connectivity index (χ4v) is 0.253. The number of aliphatic hydroxyl groups excluding tert-OH is 1. The van der Waals surface area contributed by atoms with E-state index in [0.29, 0.717) is 0 Å². The number of aliphatic carboxylic acids is 2. The summed E-state index contributed by atoms with van der Waals surface area (Å²) in [5, 5.41) is 24.1. The van der Waals surface area contributed by atoms with Gasteiger partial charge in [-0.3, -0.25) is 4.79 Å². The molecular weight excluding hydrogens is 351 g/mol. The van der Waals surface area contributed by atoms with Crippen molar-refractivity contribution < 1.29 is 24.9 Å². The van der Waals surface area contributed by atoms with Crippen LogP contribution >= 0.6 is 0 Å². The van der Waals surface area contributed by atoms with E-state index in [9.17, 15) is 9.59 Å². The molecule has 0 spiro atoms. The zero-order chi connectivity index (χ0) is 7.44. The van der Waals surface area contributed by atoms with Gasteiger partial charge in [0.2, 0.25) is 0 Å². The molecule has 68 valence electrons. The average Bonchev–Trinajstić information content (AvgIpc) is 1.63. The van der Waals surface area contributed by atoms with Crippen molar-refractivity contribution in [3.63, 3.8) is 0 Å². The van der Waals surface area contributed by atoms with Crippen molar-refractivity contribution in [3.8, 4) is 0 Å². The molecule has 0 aliphatic heterocycles. The van der Waals surface area contributed by atoms with E-state index in [-0.39, 0.29) is 32.4 Å². The van der Waals surface area contributed by atoms with Crippen LogP contribution in [0.2, 0.25) is 0 Å². The van der Waals surface area contributed by atoms with Gasteiger partial charge in [0.25, 0.3) is 0 Å². The van der Waals surface area contributed by atoms with Crippen LogP contribution in [0, 0.1) is 0 Å². The van der Waals surface area contributed by atoms with E-state index < -0.39 is 24.5 Å². The SMILES string of the molecule is N.O=C(O)CC(O)C(=O)O.[BiH3]. The zero-order valence-corrected chi connectivity index (χ0v) is 11.4. The molecule has 0 heterocycles. The van der Waals surface area contributed by atoms with Crippen LogP contribution in [-0.4, -0.2) is 59.6 Å². The molecule has 0 aromatic carbocycles. The van der Waals surface area contributed by atoms with Gasteiger partial charge >= 0.3 is 38.1 Å². The maximum atomic E-state index is 9.72. The van der Waals surface area contributed by atoms with E-state index in [1.165, 1.54) is 0 Å². The summed E-state index contributed by atoms with van der Waals surface area (Å²) >= 11 is 0. The van der Waals surface area contributed by atoms with E-state index in [0.717, 1.165) is 0 Å². The van der Waals surface area contributed by atoms with Crippen molar-refractivity contribution in [2.75, 3.05) is 0 Å². The van der Waals surface area contributed by atoms with Crippen LogP contribution in [0.3, 0.4) is 0 Å². The van der Waals surface area contributed by atoms with Gasteiger partial charge in [-0.2, -0.15) is 0 Å². The molecule has 0 radical (unpaired) electrons. The third-order valence-corrected chi connectivity index (χ3v) is 0.653. The number of rotatable bonds is 3. The Bertz CT molecular complexity index is 138. The van der Waals surface area contributed by atoms with Gasteiger partial charge in [0.05, 0.1) is 6.42 Å². The number of carboxylic acids is 2. The summed E-state index contributed by atoms with van der Waals surface area (Å²) in [4.78, 5) is 19.4. The van der Waals surface area contributed by atoms with Crippen LogP contribution in [0.25, 0.3) is 0 Å². The Morgan fingerprint density at radius 1 is 1.27 bits per heavy atom. The van der Waals surface area contributed by atoms with Crippen LogP contribution in [0.4, 0.5) is 0 Å². The molecule has 7 heteroatoms. The first-order valence-corrected chi connectivity index (χ1v) is 2.16. The predicted molar refractivity (Wildman–Crippen MR) is 40.9 cm³/mol. The molecule has 6 nitrogen and oxygen atoms in total. The number of carbonyl (C=O) groups is 2. The van der Waals surface area contributed by atoms with Crippen molar-refractivity contribution in [1.29, 1.82) is 0 Å². The monoisotopic (exact) mass is 363 g/mol. The number of carboxylic acid groups (broad SMARTS) is 2. The molecular formula is C4H12BiNO5. The number of aliphatic hydroxyl groups is 1. The van der Waals surface area contributed by atoms with Gasteiger partial charge in [0, 0.05) is 0 Å². The van der Waals surface area contributed by atoms with E-state index in [1.807, 2.05) is 0 Å². The minimum atomic E-state index is -1.79. The molecule has 0 aromatic heterocycles. The zero-order valence-electron chi connectivity index (χ0n) is 5.86. The quantitative estimate of drug-likeness (QED) is 0.425. The van der Waals surface area contributed by atoms with Crippen molar-refractivity contribution >= 4 is 38.1 Å². The summed E-state index contributed by atoms with van der Waals surface area (Å²) in [7, 11) is 0. The molecule has 1 atom stereocenters. The summed E-state index contributed by atoms with van der Waals surface area (Å²) in [6, 6.07) is 0. The Balaban J connectivity index is -0.000000320. The Kier molecular flexibility index (Phi) is 12.1. The number of hydrogen-bond acceptors (Lipinski definition) is 4. The van der Waals surface area contributed by atoms with Gasteiger partial charge in [-0.1, -0.05) is 0 Å². The molecule has 0 aliphatic rings. The number of hydrogen-bond donors (Lipinski definition) is 4. The molecule has 0 aliphatic carbocycles. The van der Waals surface area contributed by atoms with Crippen LogP contribution in [-0.2, 0) is 9.59 Å². The molecule has 0 saturated carbocycles. The van der Waals surface area contributed by atoms with Gasteiger partial charge in [-0.15, -0.1) is 0 Å². The van der Waals surface area contributed by atoms with Gasteiger partial charge < -0.3 is 21.5 Å². The summed E-state index contributed by atoms with van der Waals surface area (Å²) in [6.07, 6.45) is -2.54. The van der Waals surface area contributed by atoms with Gasteiger partial charge in [-0.05, 0) is 0 Å². The third kappa shape index (κ3) is 9.74. The predicted octanol–water partition coefficient (Wildman–Crippen LogP) is -2.12. The van der Waals surface area contributed by atoms with E-state index in [2.05, 4.69) is 0 Å². The van der Waals surface area contributed by atoms with Crippen molar-refractivity contribution in [2.45, 2.75) is 12.5 Å². The first kappa shape index (κ1) is 17.0. The molecule has 0 rings (SSSR count). The second kappa shape index (κ2) is 7.85. The maximum absolute atomic E-state index is 9.72. The summed E-state index contributed by atoms with van der Waals surface area (Å²) in [5.41, 5.74) is 0. The van der Waals surface area contributed by atoms with E-state index in [1.54, 1.807) is 0 Å². The van der Waals surface area contributed by atoms with Crippen LogP contribution < -0.4 is 6.15 Å². The molecule has 0 amide bonds. The van der Waals surface area contributed by atoms with Crippen LogP contribution in [0.1, 0.15) is 6.42 Å². The standard InChI is InChI=1S/C4H6O5.Bi.H3N.3H/c5-2(4(8)9)1-3(6)7;;;;;/h2,5H,1H2,(H,6,7)(H,8,9);;1H3;;;. The second-order valence-corrected chi connectivity index (χ2v) is 1.45. The third-order valence-electron chi connectivity index (χ3n) is 0.653. The molecule has 0 aromatic rings. The first-order chi connectivity index (χ1) is 4.04. The fraction of sp³-hybridized carbons (Fsp3) is 0.500. The van der Waals surface area contributed by atoms with Crippen LogP contribution in [0.15, 0.2) is 0 Å². The minimum absolute atomic E-state index is 0. The van der Waals surface area contributed by atoms with E-state index >= 15 is 0 Å². The Hall–Kier alpha value is -0.257. The normalized spacial score (nSPS) is 10.3. The van der Waals surface area contributed by atoms with Crippen molar-refractivity contribution in [3.05, 3.63) is 0 Å². The molecule has 1 unspecified atom stereocenters. The Morgan fingerprint density at radius 2 is 1.64 bits per heavy atom. The fourth-order valence-electron chi connectivity index (χ4n) is 0.253. The Labute approximate surface area is 81.9 Å². The first-order valence-electron chi connectivity index (χ1n) is 2.16. The topological polar surface area (TPSA) is 130 Å². The average molecular weight is 363 g/mol. The van der Waals surface area contributed by atoms with Gasteiger partial charge in [0.15, 0.2) is 6.10 Å². The Morgan fingerprint density at radius 3 is 1.73 bits per heavy atom. The van der Waals surface area contributed by atoms with Crippen molar-refractivity contribution in [2.24, 2.45) is 0 Å². The second-order valence-electron chi connectivity index (χ2n) is 1.45. The van der Waals surface area contributed by atoms with Gasteiger partial charge in [-0.25, -0.2) is 4.79 Å². The van der Waals surface area contributed by atoms with Crippen molar-refractivity contribution in [1.82, 2.24) is 6.15 Å². The molecule has 0 saturated heterocycles. The van der Waals surface area contributed by atoms with Gasteiger partial charge in [0.1, 0.15) is 0 Å². The summed E-state index contributed by atoms with van der Waals surface area (Å²) in [5.74, 6) is -2.85. The molecule has 11 heavy (non-hydrogen) atoms. The summed E-state index contributed by atoms with van der Waals surface area (Å²) in [6.45, 7) is 0. The summed E-state index contributed by atoms with van der Waals surface area (Å²) < 4.78 is 0. The molecule has 0 fully saturated rings. The van der Waals surface area contributed by atoms with Crippen LogP contribution in [0.5, 0.6) is 0 Å². The van der Waals surface area contributed by atoms with E-state index in [4.69, 9.17) is 15.3 Å². The molecule has 6 N–H and O–H groups in total.